The molecule has 0 saturated heterocycles. The van der Waals surface area contributed by atoms with Crippen LogP contribution in [0.25, 0.3) is 27.4 Å². The third-order valence-electron chi connectivity index (χ3n) is 6.72. The Kier molecular flexibility index (Phi) is 6.73. The molecular formula is C31H29N3O3. The van der Waals surface area contributed by atoms with Gasteiger partial charge in [0.2, 0.25) is 0 Å². The Balaban J connectivity index is 1.68. The summed E-state index contributed by atoms with van der Waals surface area (Å²) in [6.45, 7) is 4.50. The summed E-state index contributed by atoms with van der Waals surface area (Å²) in [6.07, 6.45) is 0.765. The topological polar surface area (TPSA) is 64.4 Å². The third-order valence-corrected chi connectivity index (χ3v) is 6.72. The number of nitrogens with zero attached hydrogens (tertiary/aromatic N) is 3. The van der Waals surface area contributed by atoms with Crippen molar-refractivity contribution < 1.29 is 9.53 Å². The second-order valence-electron chi connectivity index (χ2n) is 9.03. The van der Waals surface area contributed by atoms with Crippen molar-refractivity contribution in [2.75, 3.05) is 13.7 Å². The van der Waals surface area contributed by atoms with Gasteiger partial charge in [0.15, 0.2) is 0 Å². The smallest absolute Gasteiger partial charge is 0.266 e. The summed E-state index contributed by atoms with van der Waals surface area (Å²) in [7, 11) is 1.60. The van der Waals surface area contributed by atoms with Crippen LogP contribution in [0.2, 0.25) is 0 Å². The summed E-state index contributed by atoms with van der Waals surface area (Å²) in [4.78, 5) is 34.6. The maximum atomic E-state index is 14.0. The van der Waals surface area contributed by atoms with Gasteiger partial charge in [0, 0.05) is 12.1 Å². The molecule has 1 atom stereocenters. The Morgan fingerprint density at radius 3 is 2.32 bits per heavy atom. The molecule has 186 valence electrons. The summed E-state index contributed by atoms with van der Waals surface area (Å²) in [5.74, 6) is 1.12. The molecule has 1 unspecified atom stereocenters. The quantitative estimate of drug-likeness (QED) is 0.273. The van der Waals surface area contributed by atoms with Crippen molar-refractivity contribution in [2.45, 2.75) is 26.3 Å². The van der Waals surface area contributed by atoms with Crippen molar-refractivity contribution in [3.8, 4) is 11.4 Å². The number of para-hydroxylation sites is 1. The van der Waals surface area contributed by atoms with E-state index < -0.39 is 6.04 Å². The Labute approximate surface area is 215 Å². The minimum Gasteiger partial charge on any atom is -0.497 e. The van der Waals surface area contributed by atoms with E-state index in [1.807, 2.05) is 104 Å². The first-order valence-electron chi connectivity index (χ1n) is 12.5. The van der Waals surface area contributed by atoms with Gasteiger partial charge in [-0.15, -0.1) is 0 Å². The van der Waals surface area contributed by atoms with Gasteiger partial charge in [-0.05, 0) is 66.6 Å². The lowest BCUT2D eigenvalue weighted by molar-refractivity contribution is 0.0683. The van der Waals surface area contributed by atoms with Crippen LogP contribution in [0, 0.1) is 0 Å². The molecule has 0 fully saturated rings. The molecule has 0 aliphatic heterocycles. The van der Waals surface area contributed by atoms with Crippen LogP contribution in [0.4, 0.5) is 0 Å². The minimum atomic E-state index is -0.467. The number of carbonyl (C=O) groups excluding carboxylic acids is 1. The van der Waals surface area contributed by atoms with Crippen molar-refractivity contribution in [3.63, 3.8) is 0 Å². The number of methoxy groups -OCH3 is 1. The van der Waals surface area contributed by atoms with E-state index in [9.17, 15) is 9.59 Å². The molecule has 5 aromatic rings. The van der Waals surface area contributed by atoms with Crippen molar-refractivity contribution in [1.29, 1.82) is 0 Å². The van der Waals surface area contributed by atoms with Crippen molar-refractivity contribution >= 4 is 27.6 Å². The molecule has 1 aromatic heterocycles. The van der Waals surface area contributed by atoms with Gasteiger partial charge in [0.1, 0.15) is 11.6 Å². The molecule has 6 heteroatoms. The summed E-state index contributed by atoms with van der Waals surface area (Å²) in [6, 6.07) is 27.8. The molecule has 1 heterocycles. The van der Waals surface area contributed by atoms with Crippen molar-refractivity contribution in [1.82, 2.24) is 14.5 Å². The number of benzene rings is 4. The van der Waals surface area contributed by atoms with Gasteiger partial charge in [0.25, 0.3) is 11.5 Å². The Morgan fingerprint density at radius 2 is 1.59 bits per heavy atom. The highest BCUT2D eigenvalue weighted by atomic mass is 16.5. The molecule has 0 aliphatic rings. The first-order valence-corrected chi connectivity index (χ1v) is 12.5. The van der Waals surface area contributed by atoms with Gasteiger partial charge in [-0.3, -0.25) is 14.2 Å². The Bertz CT molecular complexity index is 1630. The number of hydrogen-bond acceptors (Lipinski definition) is 4. The van der Waals surface area contributed by atoms with Crippen LogP contribution >= 0.6 is 0 Å². The van der Waals surface area contributed by atoms with E-state index in [1.54, 1.807) is 17.7 Å². The lowest BCUT2D eigenvalue weighted by atomic mass is 10.0. The SMILES string of the molecule is CCCN(C(=O)c1cccc2ccccc12)C(C)c1nc2ccccc2c(=O)n1-c1ccc(OC)cc1. The van der Waals surface area contributed by atoms with Gasteiger partial charge in [0.05, 0.1) is 29.7 Å². The molecule has 0 saturated carbocycles. The van der Waals surface area contributed by atoms with Crippen LogP contribution in [-0.2, 0) is 0 Å². The lowest BCUT2D eigenvalue weighted by Gasteiger charge is -2.31. The molecule has 0 aliphatic carbocycles. The normalized spacial score (nSPS) is 12.0. The predicted molar refractivity (Wildman–Crippen MR) is 148 cm³/mol. The zero-order chi connectivity index (χ0) is 25.9. The molecule has 37 heavy (non-hydrogen) atoms. The van der Waals surface area contributed by atoms with E-state index in [-0.39, 0.29) is 11.5 Å². The number of aromatic nitrogens is 2. The number of carbonyl (C=O) groups is 1. The highest BCUT2D eigenvalue weighted by Gasteiger charge is 2.28. The first-order chi connectivity index (χ1) is 18.0. The van der Waals surface area contributed by atoms with Crippen LogP contribution in [0.1, 0.15) is 42.5 Å². The maximum absolute atomic E-state index is 14.0. The van der Waals surface area contributed by atoms with Gasteiger partial charge < -0.3 is 9.64 Å². The molecule has 6 nitrogen and oxygen atoms in total. The van der Waals surface area contributed by atoms with E-state index in [1.165, 1.54) is 0 Å². The largest absolute Gasteiger partial charge is 0.497 e. The fraction of sp³-hybridized carbons (Fsp3) is 0.194. The molecule has 0 bridgehead atoms. The second kappa shape index (κ2) is 10.3. The number of rotatable bonds is 7. The summed E-state index contributed by atoms with van der Waals surface area (Å²) in [5.41, 5.74) is 1.73. The standard InChI is InChI=1S/C31H29N3O3/c1-4-20-33(30(35)26-14-9-11-22-10-5-6-12-25(22)26)21(2)29-32-28-15-8-7-13-27(28)31(36)34(29)23-16-18-24(37-3)19-17-23/h5-19,21H,4,20H2,1-3H3. The third kappa shape index (κ3) is 4.47. The number of hydrogen-bond donors (Lipinski definition) is 0. The number of fused-ring (bicyclic) bond motifs is 2. The zero-order valence-corrected chi connectivity index (χ0v) is 21.2. The van der Waals surface area contributed by atoms with Crippen LogP contribution in [-0.4, -0.2) is 34.0 Å². The van der Waals surface area contributed by atoms with Gasteiger partial charge >= 0.3 is 0 Å². The van der Waals surface area contributed by atoms with E-state index in [0.29, 0.717) is 40.3 Å². The first kappa shape index (κ1) is 24.3. The monoisotopic (exact) mass is 491 g/mol. The molecule has 5 rings (SSSR count). The van der Waals surface area contributed by atoms with Crippen molar-refractivity contribution in [2.24, 2.45) is 0 Å². The molecule has 4 aromatic carbocycles. The maximum Gasteiger partial charge on any atom is 0.266 e. The molecule has 1 amide bonds. The minimum absolute atomic E-state index is 0.0881. The van der Waals surface area contributed by atoms with Crippen LogP contribution < -0.4 is 10.3 Å². The van der Waals surface area contributed by atoms with Crippen LogP contribution in [0.3, 0.4) is 0 Å². The summed E-state index contributed by atoms with van der Waals surface area (Å²) in [5, 5.41) is 2.44. The Hall–Kier alpha value is -4.45. The summed E-state index contributed by atoms with van der Waals surface area (Å²) < 4.78 is 6.93. The van der Waals surface area contributed by atoms with Gasteiger partial charge in [-0.2, -0.15) is 0 Å². The molecular weight excluding hydrogens is 462 g/mol. The lowest BCUT2D eigenvalue weighted by Crippen LogP contribution is -2.38. The fourth-order valence-corrected chi connectivity index (χ4v) is 4.83. The zero-order valence-electron chi connectivity index (χ0n) is 21.2. The van der Waals surface area contributed by atoms with Gasteiger partial charge in [-0.25, -0.2) is 4.98 Å². The van der Waals surface area contributed by atoms with Crippen molar-refractivity contribution in [3.05, 3.63) is 113 Å². The predicted octanol–water partition coefficient (Wildman–Crippen LogP) is 6.16. The second-order valence-corrected chi connectivity index (χ2v) is 9.03. The molecule has 0 radical (unpaired) electrons. The number of ether oxygens (including phenoxy) is 1. The van der Waals surface area contributed by atoms with E-state index in [2.05, 4.69) is 0 Å². The average molecular weight is 492 g/mol. The van der Waals surface area contributed by atoms with E-state index in [4.69, 9.17) is 9.72 Å². The van der Waals surface area contributed by atoms with E-state index in [0.717, 1.165) is 17.2 Å². The molecule has 0 N–H and O–H groups in total. The highest BCUT2D eigenvalue weighted by Crippen LogP contribution is 2.28. The van der Waals surface area contributed by atoms with E-state index >= 15 is 0 Å². The van der Waals surface area contributed by atoms with Crippen LogP contribution in [0.15, 0.2) is 95.8 Å². The Morgan fingerprint density at radius 1 is 0.919 bits per heavy atom. The van der Waals surface area contributed by atoms with Crippen LogP contribution in [0.5, 0.6) is 5.75 Å². The average Bonchev–Trinajstić information content (AvgIpc) is 2.95. The fourth-order valence-electron chi connectivity index (χ4n) is 4.83. The molecule has 0 spiro atoms. The van der Waals surface area contributed by atoms with Gasteiger partial charge in [-0.1, -0.05) is 55.5 Å². The summed E-state index contributed by atoms with van der Waals surface area (Å²) >= 11 is 0. The number of amides is 1. The highest BCUT2D eigenvalue weighted by molar-refractivity contribution is 6.07.